The third-order valence-corrected chi connectivity index (χ3v) is 2.83. The smallest absolute Gasteiger partial charge is 0.271 e. The lowest BCUT2D eigenvalue weighted by molar-refractivity contribution is -0.385. The molecule has 0 atom stereocenters. The predicted molar refractivity (Wildman–Crippen MR) is 76.3 cm³/mol. The normalized spacial score (nSPS) is 10.2. The van der Waals surface area contributed by atoms with Crippen LogP contribution in [0.3, 0.4) is 0 Å². The van der Waals surface area contributed by atoms with Crippen LogP contribution in [0.2, 0.25) is 0 Å². The Morgan fingerprint density at radius 1 is 1.32 bits per heavy atom. The molecule has 1 aromatic rings. The van der Waals surface area contributed by atoms with Crippen LogP contribution in [0.5, 0.6) is 0 Å². The molecule has 0 bridgehead atoms. The molecule has 0 spiro atoms. The maximum absolute atomic E-state index is 11.8. The van der Waals surface area contributed by atoms with Crippen LogP contribution in [0, 0.1) is 10.1 Å². The van der Waals surface area contributed by atoms with Crippen molar-refractivity contribution in [2.24, 2.45) is 0 Å². The van der Waals surface area contributed by atoms with Crippen LogP contribution >= 0.6 is 15.9 Å². The number of rotatable bonds is 7. The van der Waals surface area contributed by atoms with Crippen molar-refractivity contribution in [1.82, 2.24) is 10.6 Å². The first kappa shape index (κ1) is 15.6. The van der Waals surface area contributed by atoms with Crippen LogP contribution in [-0.4, -0.2) is 30.5 Å². The number of non-ortho nitro benzene ring substituents is 1. The average molecular weight is 330 g/mol. The summed E-state index contributed by atoms with van der Waals surface area (Å²) in [5, 5.41) is 16.6. The summed E-state index contributed by atoms with van der Waals surface area (Å²) in [5.74, 6) is -0.317. The van der Waals surface area contributed by atoms with E-state index in [0.717, 1.165) is 13.0 Å². The summed E-state index contributed by atoms with van der Waals surface area (Å²) in [7, 11) is 0. The molecule has 0 saturated carbocycles. The van der Waals surface area contributed by atoms with Crippen molar-refractivity contribution in [2.75, 3.05) is 19.6 Å². The summed E-state index contributed by atoms with van der Waals surface area (Å²) in [4.78, 5) is 22.0. The number of hydrogen-bond acceptors (Lipinski definition) is 4. The molecule has 0 radical (unpaired) electrons. The van der Waals surface area contributed by atoms with E-state index in [1.54, 1.807) is 6.07 Å². The number of carbonyl (C=O) groups is 1. The summed E-state index contributed by atoms with van der Waals surface area (Å²) < 4.78 is 0.510. The maximum Gasteiger partial charge on any atom is 0.271 e. The molecule has 2 N–H and O–H groups in total. The maximum atomic E-state index is 11.8. The third-order valence-electron chi connectivity index (χ3n) is 2.37. The number of nitro groups is 1. The Hall–Kier alpha value is -1.47. The lowest BCUT2D eigenvalue weighted by Gasteiger charge is -2.06. The second-order valence-electron chi connectivity index (χ2n) is 3.96. The lowest BCUT2D eigenvalue weighted by atomic mass is 10.2. The van der Waals surface area contributed by atoms with Gasteiger partial charge in [0.1, 0.15) is 0 Å². The Kier molecular flexibility index (Phi) is 6.44. The Bertz CT molecular complexity index is 466. The summed E-state index contributed by atoms with van der Waals surface area (Å²) >= 11 is 3.16. The van der Waals surface area contributed by atoms with Gasteiger partial charge in [0.25, 0.3) is 11.6 Å². The highest BCUT2D eigenvalue weighted by Gasteiger charge is 2.13. The van der Waals surface area contributed by atoms with Gasteiger partial charge in [-0.2, -0.15) is 0 Å². The second kappa shape index (κ2) is 7.85. The molecule has 0 saturated heterocycles. The molecule has 1 rings (SSSR count). The van der Waals surface area contributed by atoms with Crippen LogP contribution in [0.15, 0.2) is 22.7 Å². The second-order valence-corrected chi connectivity index (χ2v) is 4.88. The van der Waals surface area contributed by atoms with Crippen molar-refractivity contribution in [2.45, 2.75) is 13.3 Å². The van der Waals surface area contributed by atoms with Gasteiger partial charge in [-0.05, 0) is 19.0 Å². The van der Waals surface area contributed by atoms with E-state index >= 15 is 0 Å². The van der Waals surface area contributed by atoms with Crippen molar-refractivity contribution >= 4 is 27.5 Å². The topological polar surface area (TPSA) is 84.3 Å². The van der Waals surface area contributed by atoms with Crippen molar-refractivity contribution in [3.05, 3.63) is 38.3 Å². The van der Waals surface area contributed by atoms with Gasteiger partial charge < -0.3 is 10.6 Å². The molecule has 0 aliphatic heterocycles. The summed E-state index contributed by atoms with van der Waals surface area (Å²) in [5.41, 5.74) is 0.167. The Morgan fingerprint density at radius 2 is 2.05 bits per heavy atom. The molecule has 6 nitrogen and oxygen atoms in total. The number of nitrogens with one attached hydrogen (secondary N) is 2. The van der Waals surface area contributed by atoms with Gasteiger partial charge in [0, 0.05) is 35.3 Å². The van der Waals surface area contributed by atoms with E-state index in [9.17, 15) is 14.9 Å². The monoisotopic (exact) mass is 329 g/mol. The van der Waals surface area contributed by atoms with Crippen molar-refractivity contribution in [3.63, 3.8) is 0 Å². The zero-order valence-corrected chi connectivity index (χ0v) is 12.2. The van der Waals surface area contributed by atoms with E-state index < -0.39 is 4.92 Å². The molecule has 0 unspecified atom stereocenters. The van der Waals surface area contributed by atoms with Crippen molar-refractivity contribution < 1.29 is 9.72 Å². The molecule has 19 heavy (non-hydrogen) atoms. The van der Waals surface area contributed by atoms with Crippen molar-refractivity contribution in [3.8, 4) is 0 Å². The molecule has 0 heterocycles. The minimum Gasteiger partial charge on any atom is -0.351 e. The van der Waals surface area contributed by atoms with Gasteiger partial charge in [0.2, 0.25) is 0 Å². The first-order chi connectivity index (χ1) is 9.04. The van der Waals surface area contributed by atoms with Gasteiger partial charge in [-0.1, -0.05) is 22.9 Å². The minimum absolute atomic E-state index is 0.108. The Morgan fingerprint density at radius 3 is 2.68 bits per heavy atom. The number of amides is 1. The average Bonchev–Trinajstić information content (AvgIpc) is 2.37. The van der Waals surface area contributed by atoms with E-state index in [1.165, 1.54) is 12.1 Å². The van der Waals surface area contributed by atoms with E-state index in [0.29, 0.717) is 17.6 Å². The first-order valence-electron chi connectivity index (χ1n) is 5.98. The quantitative estimate of drug-likeness (QED) is 0.455. The molecule has 7 heteroatoms. The number of halogens is 1. The number of nitrogens with zero attached hydrogens (tertiary/aromatic N) is 1. The number of hydrogen-bond donors (Lipinski definition) is 2. The van der Waals surface area contributed by atoms with Crippen LogP contribution in [-0.2, 0) is 0 Å². The van der Waals surface area contributed by atoms with Gasteiger partial charge in [-0.15, -0.1) is 0 Å². The largest absolute Gasteiger partial charge is 0.351 e. The van der Waals surface area contributed by atoms with Gasteiger partial charge in [0.05, 0.1) is 4.92 Å². The molecule has 1 aromatic carbocycles. The van der Waals surface area contributed by atoms with Gasteiger partial charge in [-0.3, -0.25) is 14.9 Å². The van der Waals surface area contributed by atoms with E-state index in [1.807, 2.05) is 0 Å². The summed E-state index contributed by atoms with van der Waals surface area (Å²) in [6.45, 7) is 4.12. The number of benzene rings is 1. The molecular weight excluding hydrogens is 314 g/mol. The van der Waals surface area contributed by atoms with E-state index in [2.05, 4.69) is 33.5 Å². The highest BCUT2D eigenvalue weighted by molar-refractivity contribution is 9.10. The lowest BCUT2D eigenvalue weighted by Crippen LogP contribution is -2.32. The van der Waals surface area contributed by atoms with Gasteiger partial charge in [0.15, 0.2) is 0 Å². The fourth-order valence-corrected chi connectivity index (χ4v) is 1.96. The van der Waals surface area contributed by atoms with Crippen LogP contribution in [0.1, 0.15) is 23.7 Å². The summed E-state index contributed by atoms with van der Waals surface area (Å²) in [6, 6.07) is 4.18. The fraction of sp³-hybridized carbons (Fsp3) is 0.417. The molecule has 1 amide bonds. The number of carbonyl (C=O) groups excluding carboxylic acids is 1. The Labute approximate surface area is 119 Å². The standard InChI is InChI=1S/C12H16BrN3O3/c1-2-3-14-4-5-15-12(17)9-6-10(13)8-11(7-9)16(18)19/h6-8,14H,2-5H2,1H3,(H,15,17). The van der Waals surface area contributed by atoms with Gasteiger partial charge in [-0.25, -0.2) is 0 Å². The zero-order valence-electron chi connectivity index (χ0n) is 10.6. The van der Waals surface area contributed by atoms with Crippen LogP contribution < -0.4 is 10.6 Å². The van der Waals surface area contributed by atoms with Crippen LogP contribution in [0.4, 0.5) is 5.69 Å². The van der Waals surface area contributed by atoms with Gasteiger partial charge >= 0.3 is 0 Å². The zero-order chi connectivity index (χ0) is 14.3. The highest BCUT2D eigenvalue weighted by atomic mass is 79.9. The third kappa shape index (κ3) is 5.35. The molecule has 0 fully saturated rings. The summed E-state index contributed by atoms with van der Waals surface area (Å²) in [6.07, 6.45) is 1.03. The molecular formula is C12H16BrN3O3. The van der Waals surface area contributed by atoms with Crippen molar-refractivity contribution in [1.29, 1.82) is 0 Å². The first-order valence-corrected chi connectivity index (χ1v) is 6.77. The highest BCUT2D eigenvalue weighted by Crippen LogP contribution is 2.21. The molecule has 0 aromatic heterocycles. The number of nitro benzene ring substituents is 1. The van der Waals surface area contributed by atoms with Crippen LogP contribution in [0.25, 0.3) is 0 Å². The molecule has 0 aliphatic rings. The van der Waals surface area contributed by atoms with E-state index in [-0.39, 0.29) is 17.2 Å². The Balaban J connectivity index is 2.59. The minimum atomic E-state index is -0.523. The molecule has 0 aliphatic carbocycles. The van der Waals surface area contributed by atoms with E-state index in [4.69, 9.17) is 0 Å². The predicted octanol–water partition coefficient (Wildman–Crippen LogP) is 2.09. The molecule has 104 valence electrons. The SMILES string of the molecule is CCCNCCNC(=O)c1cc(Br)cc([N+](=O)[O-])c1. The fourth-order valence-electron chi connectivity index (χ4n) is 1.48.